The SMILES string of the molecule is CCn1nc(-c2nc(CC(C)C)nn2-c2ccccn2)cc1C. The van der Waals surface area contributed by atoms with Gasteiger partial charge in [0.15, 0.2) is 17.5 Å². The summed E-state index contributed by atoms with van der Waals surface area (Å²) >= 11 is 0. The van der Waals surface area contributed by atoms with Crippen molar-refractivity contribution in [3.8, 4) is 17.3 Å². The number of aryl methyl sites for hydroxylation is 2. The second-order valence-corrected chi connectivity index (χ2v) is 6.04. The highest BCUT2D eigenvalue weighted by atomic mass is 15.4. The number of pyridine rings is 1. The standard InChI is InChI=1S/C17H22N6/c1-5-22-13(4)11-14(20-22)17-19-15(10-12(2)3)21-23(17)16-8-6-7-9-18-16/h6-9,11-12H,5,10H2,1-4H3. The molecule has 0 saturated carbocycles. The molecule has 0 aliphatic rings. The van der Waals surface area contributed by atoms with E-state index < -0.39 is 0 Å². The number of rotatable bonds is 5. The number of nitrogens with zero attached hydrogens (tertiary/aromatic N) is 6. The Balaban J connectivity index is 2.11. The summed E-state index contributed by atoms with van der Waals surface area (Å²) in [5.74, 6) is 2.82. The van der Waals surface area contributed by atoms with Crippen LogP contribution in [0.4, 0.5) is 0 Å². The van der Waals surface area contributed by atoms with Gasteiger partial charge in [-0.25, -0.2) is 9.97 Å². The first kappa shape index (κ1) is 15.4. The quantitative estimate of drug-likeness (QED) is 0.726. The molecule has 3 rings (SSSR count). The average Bonchev–Trinajstić information content (AvgIpc) is 3.11. The minimum absolute atomic E-state index is 0.498. The first-order valence-electron chi connectivity index (χ1n) is 8.00. The second-order valence-electron chi connectivity index (χ2n) is 6.04. The van der Waals surface area contributed by atoms with E-state index in [1.807, 2.05) is 28.9 Å². The topological polar surface area (TPSA) is 61.4 Å². The highest BCUT2D eigenvalue weighted by Crippen LogP contribution is 2.21. The predicted octanol–water partition coefficient (Wildman–Crippen LogP) is 3.05. The Hall–Kier alpha value is -2.50. The second kappa shape index (κ2) is 6.32. The molecule has 3 heterocycles. The molecule has 0 aromatic carbocycles. The number of hydrogen-bond donors (Lipinski definition) is 0. The van der Waals surface area contributed by atoms with Crippen LogP contribution in [0.3, 0.4) is 0 Å². The first-order valence-corrected chi connectivity index (χ1v) is 8.00. The van der Waals surface area contributed by atoms with E-state index in [1.165, 1.54) is 0 Å². The molecule has 0 atom stereocenters. The minimum atomic E-state index is 0.498. The lowest BCUT2D eigenvalue weighted by molar-refractivity contribution is 0.618. The van der Waals surface area contributed by atoms with E-state index in [1.54, 1.807) is 10.9 Å². The maximum atomic E-state index is 4.72. The zero-order valence-corrected chi connectivity index (χ0v) is 14.1. The highest BCUT2D eigenvalue weighted by Gasteiger charge is 2.18. The summed E-state index contributed by atoms with van der Waals surface area (Å²) < 4.78 is 3.76. The van der Waals surface area contributed by atoms with Crippen molar-refractivity contribution in [2.75, 3.05) is 0 Å². The van der Waals surface area contributed by atoms with Crippen LogP contribution in [-0.2, 0) is 13.0 Å². The molecule has 0 amide bonds. The van der Waals surface area contributed by atoms with Gasteiger partial charge in [-0.3, -0.25) is 4.68 Å². The fraction of sp³-hybridized carbons (Fsp3) is 0.412. The Morgan fingerprint density at radius 1 is 1.17 bits per heavy atom. The molecule has 6 nitrogen and oxygen atoms in total. The summed E-state index contributed by atoms with van der Waals surface area (Å²) in [7, 11) is 0. The first-order chi connectivity index (χ1) is 11.1. The Kier molecular flexibility index (Phi) is 4.23. The van der Waals surface area contributed by atoms with Gasteiger partial charge in [-0.15, -0.1) is 5.10 Å². The molecule has 0 aliphatic heterocycles. The lowest BCUT2D eigenvalue weighted by atomic mass is 10.1. The van der Waals surface area contributed by atoms with Gasteiger partial charge in [-0.1, -0.05) is 19.9 Å². The van der Waals surface area contributed by atoms with Crippen LogP contribution in [0, 0.1) is 12.8 Å². The van der Waals surface area contributed by atoms with Crippen LogP contribution in [0.25, 0.3) is 17.3 Å². The Bertz CT molecular complexity index is 785. The maximum Gasteiger partial charge on any atom is 0.185 e. The number of aromatic nitrogens is 6. The summed E-state index contributed by atoms with van der Waals surface area (Å²) in [5.41, 5.74) is 1.95. The third kappa shape index (κ3) is 3.16. The fourth-order valence-electron chi connectivity index (χ4n) is 2.55. The molecule has 0 unspecified atom stereocenters. The van der Waals surface area contributed by atoms with E-state index in [0.29, 0.717) is 5.92 Å². The maximum absolute atomic E-state index is 4.72. The van der Waals surface area contributed by atoms with E-state index in [-0.39, 0.29) is 0 Å². The van der Waals surface area contributed by atoms with E-state index in [0.717, 1.165) is 41.8 Å². The monoisotopic (exact) mass is 310 g/mol. The molecule has 23 heavy (non-hydrogen) atoms. The van der Waals surface area contributed by atoms with Gasteiger partial charge in [-0.2, -0.15) is 9.78 Å². The lowest BCUT2D eigenvalue weighted by Crippen LogP contribution is -2.03. The van der Waals surface area contributed by atoms with Crippen molar-refractivity contribution in [2.45, 2.75) is 40.7 Å². The molecule has 0 radical (unpaired) electrons. The van der Waals surface area contributed by atoms with Gasteiger partial charge in [0.25, 0.3) is 0 Å². The Morgan fingerprint density at radius 2 is 2.00 bits per heavy atom. The summed E-state index contributed by atoms with van der Waals surface area (Å²) in [6.45, 7) is 9.30. The van der Waals surface area contributed by atoms with Gasteiger partial charge in [0.1, 0.15) is 5.69 Å². The Labute approximate surface area is 136 Å². The van der Waals surface area contributed by atoms with Crippen LogP contribution in [0.2, 0.25) is 0 Å². The molecule has 0 fully saturated rings. The molecule has 0 aliphatic carbocycles. The summed E-state index contributed by atoms with van der Waals surface area (Å²) in [6, 6.07) is 7.82. The van der Waals surface area contributed by atoms with Crippen molar-refractivity contribution in [1.29, 1.82) is 0 Å². The molecule has 0 N–H and O–H groups in total. The van der Waals surface area contributed by atoms with Gasteiger partial charge in [0, 0.05) is 24.9 Å². The molecule has 3 aromatic rings. The molecule has 0 saturated heterocycles. The largest absolute Gasteiger partial charge is 0.269 e. The average molecular weight is 310 g/mol. The molecule has 0 spiro atoms. The van der Waals surface area contributed by atoms with E-state index >= 15 is 0 Å². The fourth-order valence-corrected chi connectivity index (χ4v) is 2.55. The molecule has 120 valence electrons. The van der Waals surface area contributed by atoms with Crippen molar-refractivity contribution >= 4 is 0 Å². The third-order valence-electron chi connectivity index (χ3n) is 3.62. The molecule has 3 aromatic heterocycles. The minimum Gasteiger partial charge on any atom is -0.269 e. The van der Waals surface area contributed by atoms with Crippen molar-refractivity contribution in [1.82, 2.24) is 29.5 Å². The van der Waals surface area contributed by atoms with E-state index in [2.05, 4.69) is 42.9 Å². The van der Waals surface area contributed by atoms with Crippen LogP contribution < -0.4 is 0 Å². The van der Waals surface area contributed by atoms with Gasteiger partial charge >= 0.3 is 0 Å². The van der Waals surface area contributed by atoms with Crippen molar-refractivity contribution in [2.24, 2.45) is 5.92 Å². The lowest BCUT2D eigenvalue weighted by Gasteiger charge is -2.02. The Morgan fingerprint density at radius 3 is 2.61 bits per heavy atom. The van der Waals surface area contributed by atoms with Gasteiger partial charge in [-0.05, 0) is 38.0 Å². The smallest absolute Gasteiger partial charge is 0.185 e. The zero-order chi connectivity index (χ0) is 16.4. The van der Waals surface area contributed by atoms with Crippen LogP contribution in [-0.4, -0.2) is 29.5 Å². The van der Waals surface area contributed by atoms with Crippen molar-refractivity contribution in [3.63, 3.8) is 0 Å². The normalized spacial score (nSPS) is 11.3. The van der Waals surface area contributed by atoms with Crippen molar-refractivity contribution in [3.05, 3.63) is 42.0 Å². The van der Waals surface area contributed by atoms with E-state index in [4.69, 9.17) is 4.98 Å². The van der Waals surface area contributed by atoms with Gasteiger partial charge in [0.2, 0.25) is 0 Å². The predicted molar refractivity (Wildman–Crippen MR) is 89.3 cm³/mol. The molecule has 0 bridgehead atoms. The molecular weight excluding hydrogens is 288 g/mol. The van der Waals surface area contributed by atoms with E-state index in [9.17, 15) is 0 Å². The summed E-state index contributed by atoms with van der Waals surface area (Å²) in [5, 5.41) is 9.30. The van der Waals surface area contributed by atoms with Crippen LogP contribution in [0.15, 0.2) is 30.5 Å². The van der Waals surface area contributed by atoms with Gasteiger partial charge < -0.3 is 0 Å². The summed E-state index contributed by atoms with van der Waals surface area (Å²) in [6.07, 6.45) is 2.60. The van der Waals surface area contributed by atoms with Crippen LogP contribution >= 0.6 is 0 Å². The van der Waals surface area contributed by atoms with Gasteiger partial charge in [0.05, 0.1) is 0 Å². The summed E-state index contributed by atoms with van der Waals surface area (Å²) in [4.78, 5) is 9.12. The van der Waals surface area contributed by atoms with Crippen LogP contribution in [0.5, 0.6) is 0 Å². The van der Waals surface area contributed by atoms with Crippen molar-refractivity contribution < 1.29 is 0 Å². The molecular formula is C17H22N6. The highest BCUT2D eigenvalue weighted by molar-refractivity contribution is 5.52. The number of hydrogen-bond acceptors (Lipinski definition) is 4. The zero-order valence-electron chi connectivity index (χ0n) is 14.1. The van der Waals surface area contributed by atoms with Crippen LogP contribution in [0.1, 0.15) is 32.3 Å². The molecule has 6 heteroatoms. The third-order valence-corrected chi connectivity index (χ3v) is 3.62.